The topological polar surface area (TPSA) is 63.8 Å². The number of hydrogen-bond donors (Lipinski definition) is 1. The van der Waals surface area contributed by atoms with Crippen LogP contribution in [0, 0.1) is 34.3 Å². The van der Waals surface area contributed by atoms with Gasteiger partial charge in [0.1, 0.15) is 6.10 Å². The average molecular weight is 485 g/mol. The Kier molecular flexibility index (Phi) is 6.06. The zero-order valence-corrected chi connectivity index (χ0v) is 21.3. The minimum atomic E-state index is -0.776. The quantitative estimate of drug-likeness (QED) is 0.386. The van der Waals surface area contributed by atoms with E-state index in [0.717, 1.165) is 40.2 Å². The Morgan fingerprint density at radius 3 is 2.51 bits per heavy atom. The molecule has 5 nitrogen and oxygen atoms in total. The van der Waals surface area contributed by atoms with Gasteiger partial charge in [0.2, 0.25) is 5.88 Å². The van der Waals surface area contributed by atoms with Crippen LogP contribution in [0.2, 0.25) is 0 Å². The number of benzene rings is 2. The maximum absolute atomic E-state index is 11.2. The Bertz CT molecular complexity index is 1380. The highest BCUT2D eigenvalue weighted by Crippen LogP contribution is 2.47. The van der Waals surface area contributed by atoms with Gasteiger partial charge in [-0.3, -0.25) is 4.79 Å². The van der Waals surface area contributed by atoms with Gasteiger partial charge in [0.05, 0.1) is 13.0 Å². The van der Waals surface area contributed by atoms with Gasteiger partial charge in [0, 0.05) is 28.8 Å². The first-order chi connectivity index (χ1) is 16.8. The molecule has 2 aliphatic rings. The van der Waals surface area contributed by atoms with E-state index in [1.165, 1.54) is 33.4 Å². The predicted octanol–water partition coefficient (Wildman–Crippen LogP) is 7.26. The molecule has 178 valence electrons. The Balaban J connectivity index is 1.50. The number of pyridine rings is 1. The van der Waals surface area contributed by atoms with E-state index in [4.69, 9.17) is 11.3 Å². The van der Waals surface area contributed by atoms with Crippen LogP contribution in [0.15, 0.2) is 35.4 Å². The second-order valence-electron chi connectivity index (χ2n) is 9.66. The van der Waals surface area contributed by atoms with Gasteiger partial charge in [-0.15, -0.1) is 11.8 Å². The molecule has 1 aromatic heterocycles. The van der Waals surface area contributed by atoms with Crippen LogP contribution in [0.5, 0.6) is 5.88 Å². The normalized spacial score (nSPS) is 18.1. The first-order valence-corrected chi connectivity index (χ1v) is 12.9. The Morgan fingerprint density at radius 2 is 1.83 bits per heavy atom. The Morgan fingerprint density at radius 1 is 1.11 bits per heavy atom. The molecule has 0 fully saturated rings. The lowest BCUT2D eigenvalue weighted by Crippen LogP contribution is -2.08. The van der Waals surface area contributed by atoms with E-state index in [-0.39, 0.29) is 18.4 Å². The molecule has 35 heavy (non-hydrogen) atoms. The van der Waals surface area contributed by atoms with Gasteiger partial charge in [-0.1, -0.05) is 29.3 Å². The third-order valence-electron chi connectivity index (χ3n) is 7.19. The number of hydrogen-bond acceptors (Lipinski definition) is 4. The number of fused-ring (bicyclic) bond motifs is 2. The van der Waals surface area contributed by atoms with Gasteiger partial charge in [0.25, 0.3) is 0 Å². The molecule has 0 saturated heterocycles. The van der Waals surface area contributed by atoms with Crippen LogP contribution < -0.4 is 4.74 Å². The molecule has 5 rings (SSSR count). The van der Waals surface area contributed by atoms with Crippen LogP contribution in [0.3, 0.4) is 0 Å². The standard InChI is InChI=1S/C29H28N2O3S/c1-15-8-16(2)29(27-17(3)9-20(30-5)10-18(27)4)21-6-7-23(28(15)21)34-25-12-24-22(13-31-25)19(14-35-24)11-26(32)33/h8-10,12-13,19,23H,6-7,11,14H2,1-4H3,(H,32,33)/t19-,23?/m1/s1. The molecular formula is C29H28N2O3S. The zero-order valence-electron chi connectivity index (χ0n) is 20.4. The highest BCUT2D eigenvalue weighted by atomic mass is 32.2. The van der Waals surface area contributed by atoms with Crippen LogP contribution in [0.4, 0.5) is 5.69 Å². The number of nitrogens with zero attached hydrogens (tertiary/aromatic N) is 2. The smallest absolute Gasteiger partial charge is 0.303 e. The zero-order chi connectivity index (χ0) is 24.9. The van der Waals surface area contributed by atoms with E-state index in [9.17, 15) is 9.90 Å². The largest absolute Gasteiger partial charge is 0.481 e. The van der Waals surface area contributed by atoms with Crippen molar-refractivity contribution >= 4 is 23.4 Å². The highest BCUT2D eigenvalue weighted by Gasteiger charge is 2.32. The number of rotatable bonds is 5. The molecule has 0 spiro atoms. The van der Waals surface area contributed by atoms with Gasteiger partial charge >= 0.3 is 5.97 Å². The summed E-state index contributed by atoms with van der Waals surface area (Å²) in [4.78, 5) is 20.4. The summed E-state index contributed by atoms with van der Waals surface area (Å²) in [5.41, 5.74) is 11.5. The van der Waals surface area contributed by atoms with Crippen molar-refractivity contribution in [1.82, 2.24) is 4.98 Å². The number of carbonyl (C=O) groups is 1. The van der Waals surface area contributed by atoms with Crippen LogP contribution >= 0.6 is 11.8 Å². The van der Waals surface area contributed by atoms with E-state index in [1.54, 1.807) is 18.0 Å². The van der Waals surface area contributed by atoms with Crippen molar-refractivity contribution in [3.8, 4) is 17.0 Å². The maximum atomic E-state index is 11.2. The molecule has 1 unspecified atom stereocenters. The summed E-state index contributed by atoms with van der Waals surface area (Å²) in [7, 11) is 0. The molecule has 6 heteroatoms. The van der Waals surface area contributed by atoms with Crippen LogP contribution in [0.25, 0.3) is 16.0 Å². The Labute approximate surface area is 210 Å². The minimum Gasteiger partial charge on any atom is -0.481 e. The lowest BCUT2D eigenvalue weighted by Gasteiger charge is -2.21. The molecule has 2 atom stereocenters. The number of thioether (sulfide) groups is 1. The minimum absolute atomic E-state index is 0.00903. The molecule has 1 aliphatic heterocycles. The monoisotopic (exact) mass is 484 g/mol. The molecule has 0 bridgehead atoms. The van der Waals surface area contributed by atoms with Crippen molar-refractivity contribution < 1.29 is 14.6 Å². The summed E-state index contributed by atoms with van der Waals surface area (Å²) < 4.78 is 6.47. The fourth-order valence-electron chi connectivity index (χ4n) is 5.81. The lowest BCUT2D eigenvalue weighted by molar-refractivity contribution is -0.137. The second-order valence-corrected chi connectivity index (χ2v) is 10.7. The summed E-state index contributed by atoms with van der Waals surface area (Å²) in [6.07, 6.45) is 3.68. The summed E-state index contributed by atoms with van der Waals surface area (Å²) >= 11 is 1.68. The van der Waals surface area contributed by atoms with Crippen molar-refractivity contribution in [1.29, 1.82) is 0 Å². The van der Waals surface area contributed by atoms with Gasteiger partial charge in [-0.2, -0.15) is 0 Å². The molecule has 2 aromatic carbocycles. The summed E-state index contributed by atoms with van der Waals surface area (Å²) in [6, 6.07) is 8.18. The van der Waals surface area contributed by atoms with E-state index in [1.807, 2.05) is 18.2 Å². The first-order valence-electron chi connectivity index (χ1n) is 11.9. The summed E-state index contributed by atoms with van der Waals surface area (Å²) in [6.45, 7) is 15.9. The third-order valence-corrected chi connectivity index (χ3v) is 8.42. The number of aliphatic carboxylic acids is 1. The molecular weight excluding hydrogens is 456 g/mol. The van der Waals surface area contributed by atoms with Crippen LogP contribution in [-0.2, 0) is 11.2 Å². The number of aromatic nitrogens is 1. The van der Waals surface area contributed by atoms with Gasteiger partial charge < -0.3 is 9.84 Å². The number of carboxylic acids is 1. The van der Waals surface area contributed by atoms with Crippen LogP contribution in [0.1, 0.15) is 63.8 Å². The summed E-state index contributed by atoms with van der Waals surface area (Å²) in [5, 5.41) is 9.18. The number of aryl methyl sites for hydroxylation is 4. The maximum Gasteiger partial charge on any atom is 0.303 e. The lowest BCUT2D eigenvalue weighted by atomic mass is 9.85. The molecule has 0 saturated carbocycles. The molecule has 3 aromatic rings. The van der Waals surface area contributed by atoms with E-state index in [2.05, 4.69) is 43.6 Å². The van der Waals surface area contributed by atoms with Crippen molar-refractivity contribution in [3.05, 3.63) is 80.8 Å². The van der Waals surface area contributed by atoms with Gasteiger partial charge in [-0.25, -0.2) is 9.83 Å². The number of ether oxygens (including phenoxy) is 1. The van der Waals surface area contributed by atoms with E-state index in [0.29, 0.717) is 11.6 Å². The highest BCUT2D eigenvalue weighted by molar-refractivity contribution is 7.99. The fourth-order valence-corrected chi connectivity index (χ4v) is 7.06. The average Bonchev–Trinajstić information content (AvgIpc) is 3.39. The van der Waals surface area contributed by atoms with Gasteiger partial charge in [0.15, 0.2) is 5.69 Å². The van der Waals surface area contributed by atoms with E-state index >= 15 is 0 Å². The van der Waals surface area contributed by atoms with Crippen molar-refractivity contribution in [2.24, 2.45) is 0 Å². The molecule has 2 heterocycles. The van der Waals surface area contributed by atoms with Crippen molar-refractivity contribution in [2.75, 3.05) is 5.75 Å². The van der Waals surface area contributed by atoms with E-state index < -0.39 is 5.97 Å². The summed E-state index contributed by atoms with van der Waals surface area (Å²) in [5.74, 6) is 0.600. The third kappa shape index (κ3) is 4.19. The SMILES string of the molecule is [C-]#[N+]c1cc(C)c(-c2c(C)cc(C)c3c2CCC3Oc2cc3c(cn2)[C@H](CC(=O)O)CS3)c(C)c1. The molecule has 0 radical (unpaired) electrons. The number of carboxylic acid groups (broad SMARTS) is 1. The second kappa shape index (κ2) is 9.05. The van der Waals surface area contributed by atoms with Crippen LogP contribution in [-0.4, -0.2) is 21.8 Å². The molecule has 0 amide bonds. The van der Waals surface area contributed by atoms with Crippen molar-refractivity contribution in [2.45, 2.75) is 63.9 Å². The Hall–Kier alpha value is -3.30. The van der Waals surface area contributed by atoms with Gasteiger partial charge in [-0.05, 0) is 79.5 Å². The predicted molar refractivity (Wildman–Crippen MR) is 139 cm³/mol. The fraction of sp³-hybridized carbons (Fsp3) is 0.345. The molecule has 1 aliphatic carbocycles. The van der Waals surface area contributed by atoms with Crippen molar-refractivity contribution in [3.63, 3.8) is 0 Å². The molecule has 1 N–H and O–H groups in total. The first kappa shape index (κ1) is 23.4.